The average Bonchev–Trinajstić information content (AvgIpc) is 3.54. The van der Waals surface area contributed by atoms with Gasteiger partial charge in [0.05, 0.1) is 0 Å². The molecule has 0 atom stereocenters. The third-order valence-corrected chi connectivity index (χ3v) is 7.09. The fourth-order valence-electron chi connectivity index (χ4n) is 5.23. The van der Waals surface area contributed by atoms with E-state index in [0.717, 1.165) is 11.4 Å². The Morgan fingerprint density at radius 2 is 0.947 bits per heavy atom. The highest BCUT2D eigenvalue weighted by Crippen LogP contribution is 2.32. The van der Waals surface area contributed by atoms with Gasteiger partial charge in [0.15, 0.2) is 0 Å². The van der Waals surface area contributed by atoms with Crippen molar-refractivity contribution in [3.8, 4) is 0 Å². The molecule has 2 aliphatic heterocycles. The van der Waals surface area contributed by atoms with Gasteiger partial charge in [-0.05, 0) is 48.5 Å². The zero-order valence-corrected chi connectivity index (χ0v) is 20.8. The number of amides is 2. The Bertz CT molecular complexity index is 1320. The number of likely N-dealkylation sites (tertiary alicyclic amines) is 2. The van der Waals surface area contributed by atoms with Gasteiger partial charge in [0.25, 0.3) is 11.8 Å². The first-order valence-corrected chi connectivity index (χ1v) is 12.8. The highest BCUT2D eigenvalue weighted by Gasteiger charge is 2.43. The number of para-hydroxylation sites is 2. The van der Waals surface area contributed by atoms with E-state index in [4.69, 9.17) is 0 Å². The molecule has 38 heavy (non-hydrogen) atoms. The number of carbonyl (C=O) groups is 2. The van der Waals surface area contributed by atoms with Crippen molar-refractivity contribution < 1.29 is 9.59 Å². The molecule has 4 aromatic rings. The number of nitrogens with zero attached hydrogens (tertiary/aromatic N) is 4. The van der Waals surface area contributed by atoms with Crippen LogP contribution < -0.4 is 10.6 Å². The summed E-state index contributed by atoms with van der Waals surface area (Å²) in [4.78, 5) is 39.3. The van der Waals surface area contributed by atoms with Gasteiger partial charge in [-0.1, -0.05) is 48.5 Å². The molecule has 0 unspecified atom stereocenters. The molecule has 6 rings (SSSR count). The lowest BCUT2D eigenvalue weighted by Gasteiger charge is -2.22. The third-order valence-electron chi connectivity index (χ3n) is 7.09. The monoisotopic (exact) mass is 504 g/mol. The maximum atomic E-state index is 13.2. The quantitative estimate of drug-likeness (QED) is 0.392. The van der Waals surface area contributed by atoms with E-state index in [9.17, 15) is 9.59 Å². The Balaban J connectivity index is 1.07. The number of pyridine rings is 2. The second-order valence-corrected chi connectivity index (χ2v) is 9.74. The topological polar surface area (TPSA) is 90.5 Å². The summed E-state index contributed by atoms with van der Waals surface area (Å²) < 4.78 is 0. The Kier molecular flexibility index (Phi) is 6.44. The second-order valence-electron chi connectivity index (χ2n) is 9.74. The summed E-state index contributed by atoms with van der Waals surface area (Å²) in [7, 11) is 0. The number of carbonyl (C=O) groups excluding carboxylic acids is 2. The number of fused-ring (bicyclic) bond motifs is 1. The van der Waals surface area contributed by atoms with Crippen molar-refractivity contribution in [2.75, 3.05) is 36.8 Å². The molecule has 0 bridgehead atoms. The van der Waals surface area contributed by atoms with Gasteiger partial charge < -0.3 is 20.4 Å². The largest absolute Gasteiger partial charge is 0.340 e. The first-order valence-electron chi connectivity index (χ1n) is 12.8. The van der Waals surface area contributed by atoms with Crippen LogP contribution in [-0.4, -0.2) is 57.8 Å². The maximum Gasteiger partial charge on any atom is 0.272 e. The van der Waals surface area contributed by atoms with Crippen molar-refractivity contribution >= 4 is 34.8 Å². The van der Waals surface area contributed by atoms with Crippen LogP contribution in [0.25, 0.3) is 0 Å². The molecule has 2 fully saturated rings. The summed E-state index contributed by atoms with van der Waals surface area (Å²) in [6, 6.07) is 30.4. The van der Waals surface area contributed by atoms with Gasteiger partial charge in [-0.2, -0.15) is 0 Å². The minimum atomic E-state index is -0.0738. The molecule has 2 amide bonds. The van der Waals surface area contributed by atoms with Crippen LogP contribution in [0.1, 0.15) is 21.0 Å². The smallest absolute Gasteiger partial charge is 0.272 e. The van der Waals surface area contributed by atoms with E-state index in [1.54, 1.807) is 12.1 Å². The Morgan fingerprint density at radius 1 is 0.553 bits per heavy atom. The molecule has 8 heteroatoms. The minimum Gasteiger partial charge on any atom is -0.340 e. The average molecular weight is 505 g/mol. The van der Waals surface area contributed by atoms with Gasteiger partial charge >= 0.3 is 0 Å². The van der Waals surface area contributed by atoms with Crippen LogP contribution in [0.5, 0.6) is 0 Å². The van der Waals surface area contributed by atoms with E-state index in [1.165, 1.54) is 0 Å². The van der Waals surface area contributed by atoms with Crippen molar-refractivity contribution in [2.24, 2.45) is 11.8 Å². The van der Waals surface area contributed by atoms with Crippen molar-refractivity contribution in [1.29, 1.82) is 0 Å². The van der Waals surface area contributed by atoms with E-state index in [-0.39, 0.29) is 23.7 Å². The number of aromatic nitrogens is 2. The molecule has 4 heterocycles. The summed E-state index contributed by atoms with van der Waals surface area (Å²) in [6.07, 6.45) is 0. The van der Waals surface area contributed by atoms with Gasteiger partial charge in [0.2, 0.25) is 0 Å². The zero-order valence-electron chi connectivity index (χ0n) is 20.8. The lowest BCUT2D eigenvalue weighted by atomic mass is 10.0. The fourth-order valence-corrected chi connectivity index (χ4v) is 5.23. The molecule has 0 spiro atoms. The van der Waals surface area contributed by atoms with Gasteiger partial charge in [-0.3, -0.25) is 9.59 Å². The third kappa shape index (κ3) is 5.06. The number of rotatable bonds is 6. The van der Waals surface area contributed by atoms with Crippen LogP contribution in [0.2, 0.25) is 0 Å². The minimum absolute atomic E-state index is 0.0738. The normalized spacial score (nSPS) is 18.2. The first kappa shape index (κ1) is 23.7. The maximum absolute atomic E-state index is 13.2. The van der Waals surface area contributed by atoms with E-state index in [1.807, 2.05) is 94.7 Å². The highest BCUT2D eigenvalue weighted by atomic mass is 16.2. The number of anilines is 4. The van der Waals surface area contributed by atoms with Crippen molar-refractivity contribution in [3.05, 3.63) is 108 Å². The molecule has 2 N–H and O–H groups in total. The van der Waals surface area contributed by atoms with Gasteiger partial charge in [0, 0.05) is 49.4 Å². The van der Waals surface area contributed by atoms with Crippen LogP contribution in [0, 0.1) is 11.8 Å². The van der Waals surface area contributed by atoms with Crippen molar-refractivity contribution in [2.45, 2.75) is 0 Å². The van der Waals surface area contributed by atoms with Crippen LogP contribution in [0.15, 0.2) is 97.1 Å². The Labute approximate surface area is 221 Å². The summed E-state index contributed by atoms with van der Waals surface area (Å²) >= 11 is 0. The predicted octanol–water partition coefficient (Wildman–Crippen LogP) is 4.81. The van der Waals surface area contributed by atoms with Gasteiger partial charge in [0.1, 0.15) is 23.0 Å². The van der Waals surface area contributed by atoms with Crippen LogP contribution in [0.3, 0.4) is 0 Å². The summed E-state index contributed by atoms with van der Waals surface area (Å²) in [5.74, 6) is 1.62. The highest BCUT2D eigenvalue weighted by molar-refractivity contribution is 5.94. The summed E-state index contributed by atoms with van der Waals surface area (Å²) in [6.45, 7) is 2.48. The van der Waals surface area contributed by atoms with E-state index in [0.29, 0.717) is 49.2 Å². The summed E-state index contributed by atoms with van der Waals surface area (Å²) in [5, 5.41) is 6.49. The molecule has 0 saturated carbocycles. The van der Waals surface area contributed by atoms with Crippen molar-refractivity contribution in [3.63, 3.8) is 0 Å². The molecule has 2 saturated heterocycles. The molecule has 2 aromatic heterocycles. The molecule has 2 aromatic carbocycles. The molecular formula is C30H28N6O2. The summed E-state index contributed by atoms with van der Waals surface area (Å²) in [5.41, 5.74) is 2.68. The number of hydrogen-bond donors (Lipinski definition) is 2. The molecule has 0 radical (unpaired) electrons. The second kappa shape index (κ2) is 10.3. The number of hydrogen-bond acceptors (Lipinski definition) is 6. The predicted molar refractivity (Wildman–Crippen MR) is 147 cm³/mol. The molecule has 2 aliphatic rings. The van der Waals surface area contributed by atoms with Crippen molar-refractivity contribution in [1.82, 2.24) is 19.8 Å². The lowest BCUT2D eigenvalue weighted by molar-refractivity contribution is 0.0732. The Morgan fingerprint density at radius 3 is 1.34 bits per heavy atom. The fraction of sp³-hybridized carbons (Fsp3) is 0.200. The molecule has 0 aliphatic carbocycles. The number of nitrogens with one attached hydrogen (secondary N) is 2. The first-order chi connectivity index (χ1) is 18.6. The number of benzene rings is 2. The van der Waals surface area contributed by atoms with E-state index in [2.05, 4.69) is 20.6 Å². The lowest BCUT2D eigenvalue weighted by Crippen LogP contribution is -2.36. The van der Waals surface area contributed by atoms with Crippen LogP contribution in [-0.2, 0) is 0 Å². The van der Waals surface area contributed by atoms with E-state index < -0.39 is 0 Å². The van der Waals surface area contributed by atoms with Crippen LogP contribution in [0.4, 0.5) is 23.0 Å². The van der Waals surface area contributed by atoms with Gasteiger partial charge in [-0.25, -0.2) is 9.97 Å². The Hall–Kier alpha value is -4.72. The van der Waals surface area contributed by atoms with Crippen LogP contribution >= 0.6 is 0 Å². The standard InChI is InChI=1S/C30H28N6O2/c37-29(25-13-7-15-27(33-25)31-23-9-3-1-4-10-23)35-17-21-19-36(20-22(21)18-35)30(38)26-14-8-16-28(34-26)32-24-11-5-2-6-12-24/h1-16,21-22H,17-20H2,(H,31,33)(H,32,34). The SMILES string of the molecule is O=C(c1cccc(Nc2ccccc2)n1)N1CC2CN(C(=O)c3cccc(Nc4ccccc4)n3)CC2C1. The zero-order chi connectivity index (χ0) is 25.9. The van der Waals surface area contributed by atoms with E-state index >= 15 is 0 Å². The molecule has 8 nitrogen and oxygen atoms in total. The van der Waals surface area contributed by atoms with Gasteiger partial charge in [-0.15, -0.1) is 0 Å². The molecular weight excluding hydrogens is 476 g/mol. The molecule has 190 valence electrons.